The van der Waals surface area contributed by atoms with Gasteiger partial charge in [0, 0.05) is 28.7 Å². The minimum absolute atomic E-state index is 0.0146. The van der Waals surface area contributed by atoms with E-state index in [9.17, 15) is 14.4 Å². The van der Waals surface area contributed by atoms with E-state index in [-0.39, 0.29) is 55.5 Å². The Hall–Kier alpha value is -3.48. The molecule has 1 aromatic heterocycles. The summed E-state index contributed by atoms with van der Waals surface area (Å²) in [7, 11) is 0. The first-order valence-electron chi connectivity index (χ1n) is 13.6. The van der Waals surface area contributed by atoms with E-state index in [1.807, 2.05) is 41.8 Å². The third-order valence-corrected chi connectivity index (χ3v) is 8.37. The van der Waals surface area contributed by atoms with Gasteiger partial charge in [0.2, 0.25) is 17.7 Å². The highest BCUT2D eigenvalue weighted by molar-refractivity contribution is 7.10. The van der Waals surface area contributed by atoms with Gasteiger partial charge in [-0.1, -0.05) is 18.2 Å². The first kappa shape index (κ1) is 28.1. The van der Waals surface area contributed by atoms with Gasteiger partial charge < -0.3 is 35.5 Å². The predicted molar refractivity (Wildman–Crippen MR) is 148 cm³/mol. The van der Waals surface area contributed by atoms with Crippen molar-refractivity contribution in [3.8, 4) is 5.75 Å². The van der Waals surface area contributed by atoms with E-state index >= 15 is 0 Å². The Morgan fingerprint density at radius 1 is 1.20 bits per heavy atom. The number of hydrogen-bond donors (Lipinski definition) is 4. The molecule has 1 spiro atoms. The number of thiophene rings is 1. The number of carbonyl (C=O) groups is 3. The van der Waals surface area contributed by atoms with Gasteiger partial charge in [0.1, 0.15) is 17.6 Å². The van der Waals surface area contributed by atoms with Crippen LogP contribution in [0.4, 0.5) is 0 Å². The van der Waals surface area contributed by atoms with Gasteiger partial charge >= 0.3 is 0 Å². The molecule has 40 heavy (non-hydrogen) atoms. The largest absolute Gasteiger partial charge is 0.494 e. The predicted octanol–water partition coefficient (Wildman–Crippen LogP) is 1.92. The standard InChI is InChI=1S/C28H35N5O6S/c29-26(30)19-13-22(40-16-19)25(18-8-9-18)32-27(36)21-14-28(38-11-12-39-28)17-33(21)24(35)15-31-23(34)7-4-10-37-20-5-2-1-3-6-20/h1-3,5-6,13,16,18,21,25H,4,7-12,14-15,17H2,(H3,29,30)(H,31,34)(H,32,36)/t21-,25+/m0/s1. The van der Waals surface area contributed by atoms with Crippen LogP contribution >= 0.6 is 11.3 Å². The lowest BCUT2D eigenvalue weighted by atomic mass is 10.1. The van der Waals surface area contributed by atoms with E-state index in [2.05, 4.69) is 10.6 Å². The number of hydrogen-bond acceptors (Lipinski definition) is 8. The van der Waals surface area contributed by atoms with E-state index in [4.69, 9.17) is 25.4 Å². The number of nitrogens with one attached hydrogen (secondary N) is 3. The SMILES string of the molecule is N=C(N)c1csc([C@H](NC(=O)[C@@H]2CC3(CN2C(=O)CNC(=O)CCCOc2ccccc2)OCCO3)C2CC2)c1. The number of benzene rings is 1. The van der Waals surface area contributed by atoms with Crippen molar-refractivity contribution in [1.82, 2.24) is 15.5 Å². The fraction of sp³-hybridized carbons (Fsp3) is 0.500. The Balaban J connectivity index is 1.17. The van der Waals surface area contributed by atoms with E-state index < -0.39 is 11.8 Å². The molecule has 3 aliphatic rings. The normalized spacial score (nSPS) is 20.3. The molecule has 2 atom stereocenters. The number of nitrogens with zero attached hydrogens (tertiary/aromatic N) is 1. The molecule has 0 bridgehead atoms. The highest BCUT2D eigenvalue weighted by Crippen LogP contribution is 2.43. The van der Waals surface area contributed by atoms with Crippen LogP contribution in [-0.4, -0.2) is 73.2 Å². The van der Waals surface area contributed by atoms with Crippen LogP contribution in [0.3, 0.4) is 0 Å². The fourth-order valence-corrected chi connectivity index (χ4v) is 6.15. The summed E-state index contributed by atoms with van der Waals surface area (Å²) in [6, 6.07) is 10.2. The molecule has 5 N–H and O–H groups in total. The number of ether oxygens (including phenoxy) is 3. The number of amidine groups is 1. The smallest absolute Gasteiger partial charge is 0.243 e. The van der Waals surface area contributed by atoms with Crippen molar-refractivity contribution >= 4 is 34.9 Å². The van der Waals surface area contributed by atoms with Crippen LogP contribution in [0.1, 0.15) is 48.6 Å². The molecule has 2 aromatic rings. The van der Waals surface area contributed by atoms with Crippen LogP contribution in [0.25, 0.3) is 0 Å². The van der Waals surface area contributed by atoms with Gasteiger partial charge in [-0.3, -0.25) is 19.8 Å². The maximum atomic E-state index is 13.6. The summed E-state index contributed by atoms with van der Waals surface area (Å²) >= 11 is 1.46. The molecule has 3 fully saturated rings. The lowest BCUT2D eigenvalue weighted by Gasteiger charge is -2.26. The quantitative estimate of drug-likeness (QED) is 0.173. The number of para-hydroxylation sites is 1. The number of likely N-dealkylation sites (tertiary alicyclic amines) is 1. The topological polar surface area (TPSA) is 156 Å². The van der Waals surface area contributed by atoms with Crippen molar-refractivity contribution in [1.29, 1.82) is 5.41 Å². The summed E-state index contributed by atoms with van der Waals surface area (Å²) in [6.45, 7) is 1.07. The monoisotopic (exact) mass is 569 g/mol. The van der Waals surface area contributed by atoms with Gasteiger partial charge in [0.25, 0.3) is 0 Å². The minimum atomic E-state index is -1.02. The second kappa shape index (κ2) is 12.4. The van der Waals surface area contributed by atoms with Crippen molar-refractivity contribution in [2.75, 3.05) is 32.9 Å². The molecule has 0 unspecified atom stereocenters. The summed E-state index contributed by atoms with van der Waals surface area (Å²) in [6.07, 6.45) is 2.92. The third-order valence-electron chi connectivity index (χ3n) is 7.35. The lowest BCUT2D eigenvalue weighted by molar-refractivity contribution is -0.152. The second-order valence-electron chi connectivity index (χ2n) is 10.4. The van der Waals surface area contributed by atoms with Crippen molar-refractivity contribution in [2.45, 2.75) is 50.0 Å². The van der Waals surface area contributed by atoms with Crippen LogP contribution in [0.2, 0.25) is 0 Å². The number of carbonyl (C=O) groups excluding carboxylic acids is 3. The van der Waals surface area contributed by atoms with Gasteiger partial charge in [-0.15, -0.1) is 11.3 Å². The molecule has 1 saturated carbocycles. The average molecular weight is 570 g/mol. The van der Waals surface area contributed by atoms with Crippen LogP contribution < -0.4 is 21.1 Å². The summed E-state index contributed by atoms with van der Waals surface area (Å²) in [4.78, 5) is 41.6. The van der Waals surface area contributed by atoms with Crippen molar-refractivity contribution in [3.05, 3.63) is 52.2 Å². The van der Waals surface area contributed by atoms with Crippen LogP contribution in [0.5, 0.6) is 5.75 Å². The molecule has 3 amide bonds. The molecule has 3 heterocycles. The maximum Gasteiger partial charge on any atom is 0.243 e. The summed E-state index contributed by atoms with van der Waals surface area (Å²) in [5.74, 6) is -0.919. The Morgan fingerprint density at radius 2 is 1.95 bits per heavy atom. The van der Waals surface area contributed by atoms with Gasteiger partial charge in [0.15, 0.2) is 5.79 Å². The van der Waals surface area contributed by atoms with E-state index in [0.717, 1.165) is 23.5 Å². The van der Waals surface area contributed by atoms with Crippen molar-refractivity contribution in [2.24, 2.45) is 11.7 Å². The molecule has 11 nitrogen and oxygen atoms in total. The average Bonchev–Trinajstić information content (AvgIpc) is 3.33. The number of amides is 3. The molecular weight excluding hydrogens is 534 g/mol. The highest BCUT2D eigenvalue weighted by atomic mass is 32.1. The molecule has 1 aliphatic carbocycles. The molecule has 0 radical (unpaired) electrons. The van der Waals surface area contributed by atoms with Gasteiger partial charge in [-0.05, 0) is 43.4 Å². The zero-order valence-corrected chi connectivity index (χ0v) is 23.0. The zero-order valence-electron chi connectivity index (χ0n) is 22.2. The molecule has 12 heteroatoms. The number of rotatable bonds is 12. The first-order chi connectivity index (χ1) is 19.3. The minimum Gasteiger partial charge on any atom is -0.494 e. The van der Waals surface area contributed by atoms with Gasteiger partial charge in [-0.25, -0.2) is 0 Å². The number of nitrogens with two attached hydrogens (primary N) is 1. The Bertz CT molecular complexity index is 1230. The zero-order chi connectivity index (χ0) is 28.1. The van der Waals surface area contributed by atoms with Crippen LogP contribution in [0, 0.1) is 11.3 Å². The molecule has 2 saturated heterocycles. The van der Waals surface area contributed by atoms with E-state index in [1.54, 1.807) is 0 Å². The van der Waals surface area contributed by atoms with Crippen molar-refractivity contribution < 1.29 is 28.6 Å². The fourth-order valence-electron chi connectivity index (χ4n) is 5.10. The maximum absolute atomic E-state index is 13.6. The molecular formula is C28H35N5O6S. The third kappa shape index (κ3) is 6.80. The van der Waals surface area contributed by atoms with Gasteiger partial charge in [0.05, 0.1) is 39.0 Å². The van der Waals surface area contributed by atoms with Crippen molar-refractivity contribution in [3.63, 3.8) is 0 Å². The lowest BCUT2D eigenvalue weighted by Crippen LogP contribution is -2.50. The molecule has 5 rings (SSSR count). The van der Waals surface area contributed by atoms with E-state index in [1.165, 1.54) is 16.2 Å². The second-order valence-corrected chi connectivity index (χ2v) is 11.3. The Morgan fingerprint density at radius 3 is 2.62 bits per heavy atom. The Kier molecular flexibility index (Phi) is 8.67. The van der Waals surface area contributed by atoms with E-state index in [0.29, 0.717) is 37.7 Å². The van der Waals surface area contributed by atoms with Crippen LogP contribution in [-0.2, 0) is 23.9 Å². The van der Waals surface area contributed by atoms with Crippen LogP contribution in [0.15, 0.2) is 41.8 Å². The summed E-state index contributed by atoms with van der Waals surface area (Å²) < 4.78 is 17.3. The molecule has 214 valence electrons. The first-order valence-corrected chi connectivity index (χ1v) is 14.5. The highest BCUT2D eigenvalue weighted by Gasteiger charge is 2.53. The summed E-state index contributed by atoms with van der Waals surface area (Å²) in [5.41, 5.74) is 6.27. The Labute approximate surface area is 236 Å². The number of nitrogen functional groups attached to an aromatic ring is 1. The summed E-state index contributed by atoms with van der Waals surface area (Å²) in [5, 5.41) is 15.3. The van der Waals surface area contributed by atoms with Gasteiger partial charge in [-0.2, -0.15) is 0 Å². The molecule has 1 aromatic carbocycles. The molecule has 2 aliphatic heterocycles.